The summed E-state index contributed by atoms with van der Waals surface area (Å²) in [6.07, 6.45) is -4.34. The van der Waals surface area contributed by atoms with E-state index in [9.17, 15) is 18.0 Å². The van der Waals surface area contributed by atoms with Crippen LogP contribution in [-0.4, -0.2) is 23.0 Å². The lowest BCUT2D eigenvalue weighted by atomic mass is 10.1. The molecule has 0 unspecified atom stereocenters. The molecule has 1 heterocycles. The fourth-order valence-corrected chi connectivity index (χ4v) is 3.72. The molecular formula is C17H19F3N2O2S2. The predicted molar refractivity (Wildman–Crippen MR) is 97.3 cm³/mol. The molecule has 0 saturated carbocycles. The van der Waals surface area contributed by atoms with E-state index in [1.807, 2.05) is 12.3 Å². The highest BCUT2D eigenvalue weighted by atomic mass is 32.2. The number of ether oxygens (including phenoxy) is 1. The highest BCUT2D eigenvalue weighted by Gasteiger charge is 2.31. The number of carbonyl (C=O) groups is 1. The van der Waals surface area contributed by atoms with Crippen molar-refractivity contribution in [2.24, 2.45) is 0 Å². The van der Waals surface area contributed by atoms with Crippen molar-refractivity contribution in [2.45, 2.75) is 38.4 Å². The fraction of sp³-hybridized carbons (Fsp3) is 0.412. The van der Waals surface area contributed by atoms with Gasteiger partial charge in [0.2, 0.25) is 5.91 Å². The van der Waals surface area contributed by atoms with Crippen molar-refractivity contribution in [3.63, 3.8) is 0 Å². The van der Waals surface area contributed by atoms with Gasteiger partial charge in [-0.05, 0) is 31.5 Å². The molecule has 0 aliphatic carbocycles. The van der Waals surface area contributed by atoms with Gasteiger partial charge in [-0.3, -0.25) is 4.79 Å². The van der Waals surface area contributed by atoms with Crippen molar-refractivity contribution in [2.75, 3.05) is 5.75 Å². The number of hydrogen-bond acceptors (Lipinski definition) is 5. The molecule has 1 aromatic heterocycles. The highest BCUT2D eigenvalue weighted by Crippen LogP contribution is 2.24. The summed E-state index contributed by atoms with van der Waals surface area (Å²) in [4.78, 5) is 16.3. The number of amides is 1. The largest absolute Gasteiger partial charge is 0.573 e. The fourth-order valence-electron chi connectivity index (χ4n) is 2.17. The number of alkyl halides is 3. The summed E-state index contributed by atoms with van der Waals surface area (Å²) >= 11 is 3.24. The zero-order valence-electron chi connectivity index (χ0n) is 14.3. The molecule has 2 rings (SSSR count). The topological polar surface area (TPSA) is 51.2 Å². The number of hydrogen-bond donors (Lipinski definition) is 1. The number of nitrogens with one attached hydrogen (secondary N) is 1. The molecule has 1 atom stereocenters. The van der Waals surface area contributed by atoms with Crippen molar-refractivity contribution in [3.8, 4) is 5.75 Å². The monoisotopic (exact) mass is 404 g/mol. The molecular weight excluding hydrogens is 385 g/mol. The average Bonchev–Trinajstić information content (AvgIpc) is 2.96. The van der Waals surface area contributed by atoms with E-state index in [0.29, 0.717) is 17.7 Å². The Kier molecular flexibility index (Phi) is 7.33. The van der Waals surface area contributed by atoms with E-state index in [-0.39, 0.29) is 17.7 Å². The molecule has 9 heteroatoms. The van der Waals surface area contributed by atoms with Crippen molar-refractivity contribution in [1.29, 1.82) is 0 Å². The van der Waals surface area contributed by atoms with Gasteiger partial charge in [0.15, 0.2) is 0 Å². The normalized spacial score (nSPS) is 12.7. The van der Waals surface area contributed by atoms with E-state index < -0.39 is 6.36 Å². The lowest BCUT2D eigenvalue weighted by Gasteiger charge is -2.15. The first-order chi connectivity index (χ1) is 12.2. The third-order valence-electron chi connectivity index (χ3n) is 3.38. The first-order valence-corrected chi connectivity index (χ1v) is 9.90. The van der Waals surface area contributed by atoms with Gasteiger partial charge in [-0.25, -0.2) is 4.98 Å². The van der Waals surface area contributed by atoms with Crippen molar-refractivity contribution >= 4 is 29.0 Å². The van der Waals surface area contributed by atoms with Crippen molar-refractivity contribution < 1.29 is 22.7 Å². The van der Waals surface area contributed by atoms with Crippen LogP contribution >= 0.6 is 23.1 Å². The number of thiazole rings is 1. The Morgan fingerprint density at radius 3 is 2.62 bits per heavy atom. The van der Waals surface area contributed by atoms with E-state index in [1.54, 1.807) is 30.0 Å². The number of benzene rings is 1. The number of nitrogens with zero attached hydrogens (tertiary/aromatic N) is 1. The summed E-state index contributed by atoms with van der Waals surface area (Å²) in [5.74, 6) is 1.06. The molecule has 0 radical (unpaired) electrons. The zero-order chi connectivity index (χ0) is 19.2. The van der Waals surface area contributed by atoms with E-state index in [0.717, 1.165) is 16.5 Å². The molecule has 0 saturated heterocycles. The Hall–Kier alpha value is -1.74. The van der Waals surface area contributed by atoms with Crippen LogP contribution < -0.4 is 10.1 Å². The molecule has 0 fully saturated rings. The van der Waals surface area contributed by atoms with Crippen LogP contribution in [0.1, 0.15) is 35.7 Å². The lowest BCUT2D eigenvalue weighted by molar-refractivity contribution is -0.274. The Morgan fingerprint density at radius 1 is 1.35 bits per heavy atom. The number of aryl methyl sites for hydroxylation is 1. The van der Waals surface area contributed by atoms with Gasteiger partial charge in [-0.2, -0.15) is 11.8 Å². The molecule has 2 aromatic rings. The maximum Gasteiger partial charge on any atom is 0.573 e. The first kappa shape index (κ1) is 20.6. The molecule has 142 valence electrons. The standard InChI is InChI=1S/C17H19F3N2O2S2/c1-11(13-3-5-15(6-4-13)24-17(18,19)20)21-16(23)7-8-25-9-14-10-26-12(2)22-14/h3-6,10-11H,7-9H2,1-2H3,(H,21,23)/t11-/m0/s1. The van der Waals surface area contributed by atoms with Gasteiger partial charge in [-0.1, -0.05) is 12.1 Å². The van der Waals surface area contributed by atoms with Gasteiger partial charge in [0.25, 0.3) is 0 Å². The smallest absolute Gasteiger partial charge is 0.406 e. The summed E-state index contributed by atoms with van der Waals surface area (Å²) in [6, 6.07) is 5.18. The Balaban J connectivity index is 1.72. The van der Waals surface area contributed by atoms with Crippen LogP contribution in [0.15, 0.2) is 29.6 Å². The second-order valence-electron chi connectivity index (χ2n) is 5.57. The van der Waals surface area contributed by atoms with Crippen LogP contribution in [0.3, 0.4) is 0 Å². The van der Waals surface area contributed by atoms with Crippen LogP contribution in [0.2, 0.25) is 0 Å². The minimum absolute atomic E-state index is 0.102. The molecule has 0 aliphatic heterocycles. The number of halogens is 3. The van der Waals surface area contributed by atoms with E-state index in [1.165, 1.54) is 24.3 Å². The van der Waals surface area contributed by atoms with Gasteiger partial charge < -0.3 is 10.1 Å². The van der Waals surface area contributed by atoms with Crippen LogP contribution in [0.5, 0.6) is 5.75 Å². The molecule has 0 bridgehead atoms. The summed E-state index contributed by atoms with van der Waals surface area (Å²) in [7, 11) is 0. The zero-order valence-corrected chi connectivity index (χ0v) is 15.9. The number of rotatable bonds is 8. The summed E-state index contributed by atoms with van der Waals surface area (Å²) in [5, 5.41) is 5.88. The summed E-state index contributed by atoms with van der Waals surface area (Å²) in [5.41, 5.74) is 1.73. The Morgan fingerprint density at radius 2 is 2.04 bits per heavy atom. The number of aromatic nitrogens is 1. The van der Waals surface area contributed by atoms with Gasteiger partial charge in [0, 0.05) is 23.3 Å². The predicted octanol–water partition coefficient (Wildman–Crippen LogP) is 4.85. The van der Waals surface area contributed by atoms with Gasteiger partial charge >= 0.3 is 6.36 Å². The minimum Gasteiger partial charge on any atom is -0.406 e. The Bertz CT molecular complexity index is 718. The molecule has 1 aromatic carbocycles. The van der Waals surface area contributed by atoms with Crippen LogP contribution in [0.4, 0.5) is 13.2 Å². The van der Waals surface area contributed by atoms with E-state index >= 15 is 0 Å². The third-order valence-corrected chi connectivity index (χ3v) is 5.20. The van der Waals surface area contributed by atoms with Gasteiger partial charge in [0.05, 0.1) is 16.7 Å². The Labute approximate surface area is 158 Å². The number of thioether (sulfide) groups is 1. The van der Waals surface area contributed by atoms with Crippen LogP contribution in [-0.2, 0) is 10.5 Å². The van der Waals surface area contributed by atoms with Crippen molar-refractivity contribution in [3.05, 3.63) is 45.9 Å². The lowest BCUT2D eigenvalue weighted by Crippen LogP contribution is -2.26. The maximum absolute atomic E-state index is 12.1. The molecule has 1 N–H and O–H groups in total. The van der Waals surface area contributed by atoms with Gasteiger partial charge in [0.1, 0.15) is 5.75 Å². The quantitative estimate of drug-likeness (QED) is 0.639. The van der Waals surface area contributed by atoms with Crippen LogP contribution in [0, 0.1) is 6.92 Å². The second-order valence-corrected chi connectivity index (χ2v) is 7.73. The minimum atomic E-state index is -4.71. The summed E-state index contributed by atoms with van der Waals surface area (Å²) in [6.45, 7) is 3.73. The second kappa shape index (κ2) is 9.27. The maximum atomic E-state index is 12.1. The van der Waals surface area contributed by atoms with Crippen molar-refractivity contribution in [1.82, 2.24) is 10.3 Å². The molecule has 26 heavy (non-hydrogen) atoms. The first-order valence-electron chi connectivity index (χ1n) is 7.87. The molecule has 0 aliphatic rings. The highest BCUT2D eigenvalue weighted by molar-refractivity contribution is 7.98. The average molecular weight is 404 g/mol. The van der Waals surface area contributed by atoms with E-state index in [4.69, 9.17) is 0 Å². The van der Waals surface area contributed by atoms with Gasteiger partial charge in [-0.15, -0.1) is 24.5 Å². The molecule has 1 amide bonds. The van der Waals surface area contributed by atoms with Crippen LogP contribution in [0.25, 0.3) is 0 Å². The third kappa shape index (κ3) is 7.25. The molecule has 0 spiro atoms. The van der Waals surface area contributed by atoms with E-state index in [2.05, 4.69) is 15.0 Å². The number of carbonyl (C=O) groups excluding carboxylic acids is 1. The molecule has 4 nitrogen and oxygen atoms in total. The SMILES string of the molecule is Cc1nc(CSCCC(=O)N[C@@H](C)c2ccc(OC(F)(F)F)cc2)cs1. The summed E-state index contributed by atoms with van der Waals surface area (Å²) < 4.78 is 40.3.